The summed E-state index contributed by atoms with van der Waals surface area (Å²) in [6, 6.07) is 0. The predicted molar refractivity (Wildman–Crippen MR) is 92.1 cm³/mol. The molecule has 0 radical (unpaired) electrons. The third-order valence-corrected chi connectivity index (χ3v) is 3.61. The molecule has 0 fully saturated rings. The highest BCUT2D eigenvalue weighted by molar-refractivity contribution is 5.25. The van der Waals surface area contributed by atoms with Crippen LogP contribution in [0.2, 0.25) is 0 Å². The van der Waals surface area contributed by atoms with Crippen LogP contribution in [0.3, 0.4) is 0 Å². The average molecular weight is 308 g/mol. The Hall–Kier alpha value is -1.46. The lowest BCUT2D eigenvalue weighted by Gasteiger charge is -2.05. The molecule has 126 valence electrons. The van der Waals surface area contributed by atoms with Crippen molar-refractivity contribution in [3.8, 4) is 0 Å². The second-order valence-corrected chi connectivity index (χ2v) is 5.73. The molecule has 0 atom stereocenters. The fourth-order valence-electron chi connectivity index (χ4n) is 2.23. The first-order valence-electron chi connectivity index (χ1n) is 8.92. The highest BCUT2D eigenvalue weighted by Gasteiger charge is 2.00. The Balaban J connectivity index is 2.07. The van der Waals surface area contributed by atoms with E-state index in [9.17, 15) is 0 Å². The van der Waals surface area contributed by atoms with E-state index in [-0.39, 0.29) is 0 Å². The highest BCUT2D eigenvalue weighted by atomic mass is 15.4. The first-order chi connectivity index (χ1) is 10.9. The van der Waals surface area contributed by atoms with E-state index in [2.05, 4.69) is 44.9 Å². The van der Waals surface area contributed by atoms with Crippen LogP contribution in [-0.4, -0.2) is 33.5 Å². The van der Waals surface area contributed by atoms with Crippen LogP contribution in [0.15, 0.2) is 0 Å². The molecule has 0 spiro atoms. The molecule has 22 heavy (non-hydrogen) atoms. The minimum Gasteiger partial charge on any atom is -0.352 e. The van der Waals surface area contributed by atoms with Crippen molar-refractivity contribution in [1.29, 1.82) is 0 Å². The largest absolute Gasteiger partial charge is 0.352 e. The number of rotatable bonds is 14. The Morgan fingerprint density at radius 2 is 0.909 bits per heavy atom. The van der Waals surface area contributed by atoms with Crippen molar-refractivity contribution in [1.82, 2.24) is 20.4 Å². The summed E-state index contributed by atoms with van der Waals surface area (Å²) in [5.74, 6) is 1.04. The normalized spacial score (nSPS) is 10.6. The van der Waals surface area contributed by atoms with Crippen LogP contribution in [0.1, 0.15) is 78.1 Å². The first kappa shape index (κ1) is 18.6. The van der Waals surface area contributed by atoms with E-state index in [0.29, 0.717) is 11.9 Å². The van der Waals surface area contributed by atoms with Gasteiger partial charge in [-0.05, 0) is 12.8 Å². The number of nitrogens with zero attached hydrogens (tertiary/aromatic N) is 4. The maximum Gasteiger partial charge on any atom is 0.262 e. The van der Waals surface area contributed by atoms with Gasteiger partial charge < -0.3 is 10.6 Å². The zero-order valence-corrected chi connectivity index (χ0v) is 14.3. The fraction of sp³-hybridized carbons (Fsp3) is 0.875. The van der Waals surface area contributed by atoms with Gasteiger partial charge in [-0.2, -0.15) is 0 Å². The van der Waals surface area contributed by atoms with E-state index in [1.54, 1.807) is 0 Å². The number of anilines is 2. The van der Waals surface area contributed by atoms with Gasteiger partial charge in [0, 0.05) is 13.1 Å². The van der Waals surface area contributed by atoms with Crippen LogP contribution in [0.4, 0.5) is 11.9 Å². The summed E-state index contributed by atoms with van der Waals surface area (Å²) in [4.78, 5) is 0. The molecular weight excluding hydrogens is 276 g/mol. The number of unbranched alkanes of at least 4 members (excludes halogenated alkanes) is 8. The number of nitrogens with one attached hydrogen (secondary N) is 2. The van der Waals surface area contributed by atoms with E-state index in [1.807, 2.05) is 0 Å². The SMILES string of the molecule is CCCCCCCNc1nnc(NCCCCCCC)nn1. The molecule has 1 rings (SSSR count). The molecule has 0 aliphatic heterocycles. The molecule has 0 aliphatic carbocycles. The van der Waals surface area contributed by atoms with Gasteiger partial charge in [-0.15, -0.1) is 20.4 Å². The van der Waals surface area contributed by atoms with Crippen LogP contribution in [0, 0.1) is 0 Å². The Morgan fingerprint density at radius 3 is 1.27 bits per heavy atom. The van der Waals surface area contributed by atoms with Crippen molar-refractivity contribution >= 4 is 11.9 Å². The molecular formula is C16H32N6. The van der Waals surface area contributed by atoms with Crippen molar-refractivity contribution in [3.63, 3.8) is 0 Å². The van der Waals surface area contributed by atoms with E-state index in [1.165, 1.54) is 51.4 Å². The molecule has 2 N–H and O–H groups in total. The van der Waals surface area contributed by atoms with E-state index in [0.717, 1.165) is 25.9 Å². The zero-order chi connectivity index (χ0) is 15.9. The molecule has 1 aromatic heterocycles. The van der Waals surface area contributed by atoms with E-state index >= 15 is 0 Å². The standard InChI is InChI=1S/C16H32N6/c1-3-5-7-9-11-13-17-15-19-21-16(22-20-15)18-14-12-10-8-6-4-2/h3-14H2,1-2H3,(H,17,19,20)(H,18,21,22). The van der Waals surface area contributed by atoms with E-state index in [4.69, 9.17) is 0 Å². The topological polar surface area (TPSA) is 75.6 Å². The van der Waals surface area contributed by atoms with Gasteiger partial charge in [0.1, 0.15) is 0 Å². The lowest BCUT2D eigenvalue weighted by molar-refractivity contribution is 0.641. The number of hydrogen-bond acceptors (Lipinski definition) is 6. The third kappa shape index (κ3) is 9.47. The molecule has 0 saturated heterocycles. The molecule has 0 bridgehead atoms. The molecule has 0 aliphatic rings. The van der Waals surface area contributed by atoms with Gasteiger partial charge in [0.2, 0.25) is 0 Å². The van der Waals surface area contributed by atoms with Crippen molar-refractivity contribution < 1.29 is 0 Å². The van der Waals surface area contributed by atoms with Crippen LogP contribution in [-0.2, 0) is 0 Å². The van der Waals surface area contributed by atoms with Gasteiger partial charge in [-0.3, -0.25) is 0 Å². The van der Waals surface area contributed by atoms with Crippen molar-refractivity contribution in [2.75, 3.05) is 23.7 Å². The Labute approximate surface area is 134 Å². The summed E-state index contributed by atoms with van der Waals surface area (Å²) in [6.07, 6.45) is 12.6. The maximum absolute atomic E-state index is 4.04. The minimum atomic E-state index is 0.518. The number of aromatic nitrogens is 4. The third-order valence-electron chi connectivity index (χ3n) is 3.61. The minimum absolute atomic E-state index is 0.518. The zero-order valence-electron chi connectivity index (χ0n) is 14.3. The molecule has 1 heterocycles. The Morgan fingerprint density at radius 1 is 0.545 bits per heavy atom. The summed E-state index contributed by atoms with van der Waals surface area (Å²) in [6.45, 7) is 6.23. The van der Waals surface area contributed by atoms with Crippen LogP contribution in [0.5, 0.6) is 0 Å². The van der Waals surface area contributed by atoms with Crippen molar-refractivity contribution in [3.05, 3.63) is 0 Å². The predicted octanol–water partition coefficient (Wildman–Crippen LogP) is 4.03. The first-order valence-corrected chi connectivity index (χ1v) is 8.92. The summed E-state index contributed by atoms with van der Waals surface area (Å²) in [5, 5.41) is 22.5. The number of hydrogen-bond donors (Lipinski definition) is 2. The fourth-order valence-corrected chi connectivity index (χ4v) is 2.23. The molecule has 0 amide bonds. The lowest BCUT2D eigenvalue weighted by atomic mass is 10.1. The Bertz CT molecular complexity index is 319. The highest BCUT2D eigenvalue weighted by Crippen LogP contribution is 2.04. The monoisotopic (exact) mass is 308 g/mol. The summed E-state index contributed by atoms with van der Waals surface area (Å²) < 4.78 is 0. The summed E-state index contributed by atoms with van der Waals surface area (Å²) in [7, 11) is 0. The Kier molecular flexibility index (Phi) is 11.2. The molecule has 6 nitrogen and oxygen atoms in total. The summed E-state index contributed by atoms with van der Waals surface area (Å²) >= 11 is 0. The van der Waals surface area contributed by atoms with Crippen LogP contribution >= 0.6 is 0 Å². The molecule has 1 aromatic rings. The second-order valence-electron chi connectivity index (χ2n) is 5.73. The molecule has 6 heteroatoms. The van der Waals surface area contributed by atoms with Gasteiger partial charge in [0.05, 0.1) is 0 Å². The van der Waals surface area contributed by atoms with Crippen molar-refractivity contribution in [2.24, 2.45) is 0 Å². The quantitative estimate of drug-likeness (QED) is 0.505. The van der Waals surface area contributed by atoms with Gasteiger partial charge in [0.15, 0.2) is 0 Å². The average Bonchev–Trinajstić information content (AvgIpc) is 2.55. The smallest absolute Gasteiger partial charge is 0.262 e. The van der Waals surface area contributed by atoms with Crippen LogP contribution in [0.25, 0.3) is 0 Å². The maximum atomic E-state index is 4.04. The van der Waals surface area contributed by atoms with Crippen LogP contribution < -0.4 is 10.6 Å². The van der Waals surface area contributed by atoms with Crippen molar-refractivity contribution in [2.45, 2.75) is 78.1 Å². The lowest BCUT2D eigenvalue weighted by Crippen LogP contribution is -2.11. The molecule has 0 unspecified atom stereocenters. The van der Waals surface area contributed by atoms with Gasteiger partial charge in [0.25, 0.3) is 11.9 Å². The van der Waals surface area contributed by atoms with E-state index < -0.39 is 0 Å². The summed E-state index contributed by atoms with van der Waals surface area (Å²) in [5.41, 5.74) is 0. The van der Waals surface area contributed by atoms with Gasteiger partial charge in [-0.25, -0.2) is 0 Å². The molecule has 0 aromatic carbocycles. The molecule has 0 saturated carbocycles. The second kappa shape index (κ2) is 13.2. The van der Waals surface area contributed by atoms with Gasteiger partial charge in [-0.1, -0.05) is 65.2 Å². The van der Waals surface area contributed by atoms with Gasteiger partial charge >= 0.3 is 0 Å².